The Bertz CT molecular complexity index is 1170. The molecule has 0 unspecified atom stereocenters. The zero-order chi connectivity index (χ0) is 21.9. The van der Waals surface area contributed by atoms with Crippen molar-refractivity contribution >= 4 is 21.6 Å². The van der Waals surface area contributed by atoms with Crippen LogP contribution in [0.15, 0.2) is 48.5 Å². The molecule has 0 radical (unpaired) electrons. The van der Waals surface area contributed by atoms with Gasteiger partial charge in [-0.3, -0.25) is 9.52 Å². The molecule has 0 atom stereocenters. The van der Waals surface area contributed by atoms with Crippen molar-refractivity contribution in [3.63, 3.8) is 0 Å². The molecule has 0 spiro atoms. The number of hydrogen-bond donors (Lipinski definition) is 2. The van der Waals surface area contributed by atoms with Gasteiger partial charge in [0.25, 0.3) is 5.91 Å². The minimum atomic E-state index is -3.41. The van der Waals surface area contributed by atoms with Gasteiger partial charge in [0, 0.05) is 17.8 Å². The summed E-state index contributed by atoms with van der Waals surface area (Å²) in [6, 6.07) is 15.1. The van der Waals surface area contributed by atoms with Gasteiger partial charge in [-0.1, -0.05) is 18.2 Å². The van der Waals surface area contributed by atoms with Crippen LogP contribution in [0.1, 0.15) is 32.9 Å². The monoisotopic (exact) mass is 426 g/mol. The van der Waals surface area contributed by atoms with E-state index in [1.807, 2.05) is 48.9 Å². The van der Waals surface area contributed by atoms with E-state index in [1.54, 1.807) is 25.1 Å². The number of carbonyl (C=O) groups excluding carboxylic acids is 1. The molecule has 7 nitrogen and oxygen atoms in total. The van der Waals surface area contributed by atoms with Gasteiger partial charge in [-0.05, 0) is 68.7 Å². The molecule has 0 bridgehead atoms. The molecule has 0 saturated heterocycles. The van der Waals surface area contributed by atoms with Crippen molar-refractivity contribution in [3.8, 4) is 5.69 Å². The van der Waals surface area contributed by atoms with Crippen molar-refractivity contribution in [1.82, 2.24) is 15.1 Å². The van der Waals surface area contributed by atoms with Crippen LogP contribution >= 0.6 is 0 Å². The minimum absolute atomic E-state index is 0.245. The number of carbonyl (C=O) groups is 1. The second-order valence-corrected chi connectivity index (χ2v) is 9.16. The summed E-state index contributed by atoms with van der Waals surface area (Å²) >= 11 is 0. The molecule has 1 aromatic heterocycles. The van der Waals surface area contributed by atoms with Gasteiger partial charge in [-0.2, -0.15) is 5.10 Å². The van der Waals surface area contributed by atoms with Crippen molar-refractivity contribution in [2.24, 2.45) is 0 Å². The van der Waals surface area contributed by atoms with Crippen LogP contribution < -0.4 is 10.0 Å². The van der Waals surface area contributed by atoms with Gasteiger partial charge in [0.15, 0.2) is 0 Å². The Hall–Kier alpha value is -3.13. The summed E-state index contributed by atoms with van der Waals surface area (Å²) in [6.07, 6.45) is 1.77. The Morgan fingerprint density at radius 3 is 2.33 bits per heavy atom. The number of hydrogen-bond acceptors (Lipinski definition) is 4. The molecule has 0 aliphatic carbocycles. The molecule has 8 heteroatoms. The molecular formula is C22H26N4O3S. The molecule has 3 rings (SSSR count). The van der Waals surface area contributed by atoms with Gasteiger partial charge in [0.05, 0.1) is 23.3 Å². The highest BCUT2D eigenvalue weighted by atomic mass is 32.2. The van der Waals surface area contributed by atoms with Gasteiger partial charge >= 0.3 is 0 Å². The third kappa shape index (κ3) is 5.48. The van der Waals surface area contributed by atoms with Gasteiger partial charge < -0.3 is 5.32 Å². The maximum atomic E-state index is 12.4. The number of benzene rings is 2. The van der Waals surface area contributed by atoms with E-state index in [9.17, 15) is 13.2 Å². The predicted molar refractivity (Wildman–Crippen MR) is 119 cm³/mol. The van der Waals surface area contributed by atoms with Crippen LogP contribution in [0.3, 0.4) is 0 Å². The molecule has 0 aliphatic heterocycles. The first-order valence-corrected chi connectivity index (χ1v) is 11.5. The lowest BCUT2D eigenvalue weighted by molar-refractivity contribution is 0.0954. The molecule has 30 heavy (non-hydrogen) atoms. The van der Waals surface area contributed by atoms with E-state index in [0.717, 1.165) is 34.5 Å². The predicted octanol–water partition coefficient (Wildman–Crippen LogP) is 3.14. The number of anilines is 1. The first-order valence-electron chi connectivity index (χ1n) is 9.61. The number of sulfonamides is 1. The second-order valence-electron chi connectivity index (χ2n) is 7.42. The number of nitrogens with one attached hydrogen (secondary N) is 2. The van der Waals surface area contributed by atoms with Gasteiger partial charge in [-0.25, -0.2) is 13.1 Å². The van der Waals surface area contributed by atoms with Crippen LogP contribution in [0, 0.1) is 20.8 Å². The Balaban J connectivity index is 1.59. The highest BCUT2D eigenvalue weighted by molar-refractivity contribution is 7.92. The van der Waals surface area contributed by atoms with Gasteiger partial charge in [0.2, 0.25) is 10.0 Å². The molecule has 0 saturated carbocycles. The Kier molecular flexibility index (Phi) is 6.26. The zero-order valence-corrected chi connectivity index (χ0v) is 18.4. The third-order valence-corrected chi connectivity index (χ3v) is 5.28. The third-order valence-electron chi connectivity index (χ3n) is 4.68. The van der Waals surface area contributed by atoms with Crippen LogP contribution in [-0.4, -0.2) is 36.9 Å². The van der Waals surface area contributed by atoms with E-state index in [0.29, 0.717) is 24.2 Å². The average molecular weight is 427 g/mol. The summed E-state index contributed by atoms with van der Waals surface area (Å²) in [5, 5.41) is 7.36. The molecule has 1 amide bonds. The molecule has 2 N–H and O–H groups in total. The van der Waals surface area contributed by atoms with Crippen LogP contribution in [0.25, 0.3) is 5.69 Å². The maximum Gasteiger partial charge on any atom is 0.251 e. The Morgan fingerprint density at radius 2 is 1.73 bits per heavy atom. The fourth-order valence-electron chi connectivity index (χ4n) is 3.19. The first-order chi connectivity index (χ1) is 14.1. The first kappa shape index (κ1) is 21.6. The maximum absolute atomic E-state index is 12.4. The number of rotatable bonds is 7. The topological polar surface area (TPSA) is 93.1 Å². The van der Waals surface area contributed by atoms with Crippen molar-refractivity contribution in [1.29, 1.82) is 0 Å². The molecule has 0 aliphatic rings. The molecule has 1 heterocycles. The van der Waals surface area contributed by atoms with Crippen molar-refractivity contribution in [2.75, 3.05) is 17.5 Å². The summed E-state index contributed by atoms with van der Waals surface area (Å²) in [6.45, 7) is 6.24. The van der Waals surface area contributed by atoms with Crippen LogP contribution in [-0.2, 0) is 16.4 Å². The lowest BCUT2D eigenvalue weighted by atomic mass is 10.1. The van der Waals surface area contributed by atoms with E-state index in [-0.39, 0.29) is 5.91 Å². The normalized spacial score (nSPS) is 11.3. The number of aromatic nitrogens is 2. The summed E-state index contributed by atoms with van der Waals surface area (Å²) in [5.41, 5.74) is 5.72. The minimum Gasteiger partial charge on any atom is -0.352 e. The fraction of sp³-hybridized carbons (Fsp3) is 0.273. The number of amides is 1. The van der Waals surface area contributed by atoms with Crippen molar-refractivity contribution in [3.05, 3.63) is 76.6 Å². The van der Waals surface area contributed by atoms with E-state index >= 15 is 0 Å². The van der Waals surface area contributed by atoms with Crippen LogP contribution in [0.5, 0.6) is 0 Å². The highest BCUT2D eigenvalue weighted by Gasteiger charge is 2.11. The number of nitrogens with zero attached hydrogens (tertiary/aromatic N) is 2. The smallest absolute Gasteiger partial charge is 0.251 e. The molecular weight excluding hydrogens is 400 g/mol. The Labute approximate surface area is 177 Å². The number of aryl methyl sites for hydroxylation is 3. The summed E-state index contributed by atoms with van der Waals surface area (Å²) < 4.78 is 27.3. The van der Waals surface area contributed by atoms with Crippen molar-refractivity contribution < 1.29 is 13.2 Å². The van der Waals surface area contributed by atoms with Crippen molar-refractivity contribution in [2.45, 2.75) is 27.2 Å². The second kappa shape index (κ2) is 8.71. The van der Waals surface area contributed by atoms with Gasteiger partial charge in [0.1, 0.15) is 0 Å². The molecule has 158 valence electrons. The van der Waals surface area contributed by atoms with Crippen LogP contribution in [0.4, 0.5) is 5.69 Å². The summed E-state index contributed by atoms with van der Waals surface area (Å²) in [4.78, 5) is 12.4. The SMILES string of the molecule is Cc1cc(C)n(-c2ccc(CCNC(=O)c3ccc(C)c(NS(C)(=O)=O)c3)cc2)n1. The summed E-state index contributed by atoms with van der Waals surface area (Å²) in [7, 11) is -3.41. The van der Waals surface area contributed by atoms with E-state index in [4.69, 9.17) is 0 Å². The quantitative estimate of drug-likeness (QED) is 0.607. The standard InChI is InChI=1S/C22H26N4O3S/c1-15-5-8-19(14-21(15)25-30(4,28)29)22(27)23-12-11-18-6-9-20(10-7-18)26-17(3)13-16(2)24-26/h5-10,13-14,25H,11-12H2,1-4H3,(H,23,27). The van der Waals surface area contributed by atoms with E-state index in [1.165, 1.54) is 0 Å². The highest BCUT2D eigenvalue weighted by Crippen LogP contribution is 2.18. The average Bonchev–Trinajstić information content (AvgIpc) is 3.01. The molecule has 0 fully saturated rings. The largest absolute Gasteiger partial charge is 0.352 e. The zero-order valence-electron chi connectivity index (χ0n) is 17.6. The Morgan fingerprint density at radius 1 is 1.03 bits per heavy atom. The summed E-state index contributed by atoms with van der Waals surface area (Å²) in [5.74, 6) is -0.245. The van der Waals surface area contributed by atoms with E-state index < -0.39 is 10.0 Å². The van der Waals surface area contributed by atoms with Gasteiger partial charge in [-0.15, -0.1) is 0 Å². The van der Waals surface area contributed by atoms with Crippen LogP contribution in [0.2, 0.25) is 0 Å². The fourth-order valence-corrected chi connectivity index (χ4v) is 3.81. The molecule has 2 aromatic carbocycles. The lowest BCUT2D eigenvalue weighted by Crippen LogP contribution is -2.26. The molecule has 3 aromatic rings. The lowest BCUT2D eigenvalue weighted by Gasteiger charge is -2.11. The van der Waals surface area contributed by atoms with E-state index in [2.05, 4.69) is 15.1 Å².